The Kier molecular flexibility index (Phi) is 3.92. The number of aryl methyl sites for hydroxylation is 2. The van der Waals surface area contributed by atoms with E-state index >= 15 is 0 Å². The molecule has 1 aromatic heterocycles. The van der Waals surface area contributed by atoms with Crippen LogP contribution in [0, 0.1) is 25.5 Å². The van der Waals surface area contributed by atoms with Gasteiger partial charge in [-0.05, 0) is 48.0 Å². The van der Waals surface area contributed by atoms with Gasteiger partial charge in [0.2, 0.25) is 0 Å². The van der Waals surface area contributed by atoms with Gasteiger partial charge in [-0.15, -0.1) is 0 Å². The Morgan fingerprint density at radius 2 is 1.72 bits per heavy atom. The molecule has 96 valence electrons. The smallest absolute Gasteiger partial charge is 0.137 e. The highest BCUT2D eigenvalue weighted by molar-refractivity contribution is 9.10. The van der Waals surface area contributed by atoms with Crippen molar-refractivity contribution in [3.8, 4) is 0 Å². The maximum Gasteiger partial charge on any atom is 0.137 e. The van der Waals surface area contributed by atoms with E-state index in [4.69, 9.17) is 4.42 Å². The summed E-state index contributed by atoms with van der Waals surface area (Å²) in [5, 5.41) is 0. The zero-order chi connectivity index (χ0) is 13.4. The molecule has 2 aromatic rings. The van der Waals surface area contributed by atoms with Crippen molar-refractivity contribution < 1.29 is 13.2 Å². The fourth-order valence-electron chi connectivity index (χ4n) is 1.80. The lowest BCUT2D eigenvalue weighted by atomic mass is 10.0. The van der Waals surface area contributed by atoms with E-state index in [9.17, 15) is 8.78 Å². The van der Waals surface area contributed by atoms with E-state index in [1.807, 2.05) is 13.0 Å². The Bertz CT molecular complexity index is 593. The van der Waals surface area contributed by atoms with Crippen LogP contribution in [0.5, 0.6) is 0 Å². The molecule has 1 unspecified atom stereocenters. The van der Waals surface area contributed by atoms with Crippen molar-refractivity contribution in [1.82, 2.24) is 0 Å². The van der Waals surface area contributed by atoms with Crippen LogP contribution in [0.1, 0.15) is 27.5 Å². The Morgan fingerprint density at radius 3 is 2.28 bits per heavy atom. The molecule has 0 fully saturated rings. The standard InChI is InChI=1S/C13H10Br2F2O/c1-6-3-8(7(2)18-6)13(15)9-4-12(17)10(14)5-11(9)16/h3-5,13H,1-2H3. The normalized spacial score (nSPS) is 12.8. The van der Waals surface area contributed by atoms with Gasteiger partial charge in [-0.3, -0.25) is 0 Å². The van der Waals surface area contributed by atoms with Crippen molar-refractivity contribution in [2.24, 2.45) is 0 Å². The van der Waals surface area contributed by atoms with E-state index in [2.05, 4.69) is 31.9 Å². The zero-order valence-electron chi connectivity index (χ0n) is 9.73. The molecule has 0 spiro atoms. The second-order valence-electron chi connectivity index (χ2n) is 4.02. The summed E-state index contributed by atoms with van der Waals surface area (Å²) >= 11 is 6.34. The van der Waals surface area contributed by atoms with Gasteiger partial charge in [0.25, 0.3) is 0 Å². The first-order valence-electron chi connectivity index (χ1n) is 5.25. The van der Waals surface area contributed by atoms with Crippen LogP contribution in [-0.4, -0.2) is 0 Å². The molecule has 1 aromatic carbocycles. The molecule has 5 heteroatoms. The largest absolute Gasteiger partial charge is 0.466 e. The lowest BCUT2D eigenvalue weighted by molar-refractivity contribution is 0.501. The third-order valence-corrected chi connectivity index (χ3v) is 4.26. The molecule has 0 bridgehead atoms. The summed E-state index contributed by atoms with van der Waals surface area (Å²) in [6, 6.07) is 4.12. The predicted octanol–water partition coefficient (Wildman–Crippen LogP) is 5.42. The van der Waals surface area contributed by atoms with Gasteiger partial charge in [0.05, 0.1) is 9.30 Å². The average Bonchev–Trinajstić information content (AvgIpc) is 2.62. The minimum absolute atomic E-state index is 0.114. The lowest BCUT2D eigenvalue weighted by Crippen LogP contribution is -1.98. The third kappa shape index (κ3) is 2.52. The molecule has 1 nitrogen and oxygen atoms in total. The predicted molar refractivity (Wildman–Crippen MR) is 73.0 cm³/mol. The van der Waals surface area contributed by atoms with E-state index < -0.39 is 16.5 Å². The summed E-state index contributed by atoms with van der Waals surface area (Å²) in [6.07, 6.45) is 0. The molecule has 0 aliphatic carbocycles. The summed E-state index contributed by atoms with van der Waals surface area (Å²) in [4.78, 5) is -0.433. The maximum atomic E-state index is 13.8. The first-order chi connectivity index (χ1) is 8.40. The van der Waals surface area contributed by atoms with Crippen LogP contribution in [-0.2, 0) is 0 Å². The molecule has 2 rings (SSSR count). The summed E-state index contributed by atoms with van der Waals surface area (Å²) < 4.78 is 32.8. The number of rotatable bonds is 2. The zero-order valence-corrected chi connectivity index (χ0v) is 12.9. The van der Waals surface area contributed by atoms with Crippen molar-refractivity contribution in [3.63, 3.8) is 0 Å². The van der Waals surface area contributed by atoms with E-state index in [0.717, 1.165) is 17.4 Å². The van der Waals surface area contributed by atoms with E-state index in [0.29, 0.717) is 5.76 Å². The summed E-state index contributed by atoms with van der Waals surface area (Å²) in [5.41, 5.74) is 1.05. The second kappa shape index (κ2) is 5.13. The summed E-state index contributed by atoms with van der Waals surface area (Å²) in [6.45, 7) is 3.61. The highest BCUT2D eigenvalue weighted by atomic mass is 79.9. The fourth-order valence-corrected chi connectivity index (χ4v) is 2.92. The number of alkyl halides is 1. The molecule has 0 aliphatic rings. The summed E-state index contributed by atoms with van der Waals surface area (Å²) in [7, 11) is 0. The van der Waals surface area contributed by atoms with Crippen LogP contribution < -0.4 is 0 Å². The van der Waals surface area contributed by atoms with Crippen LogP contribution in [0.3, 0.4) is 0 Å². The van der Waals surface area contributed by atoms with Crippen LogP contribution in [0.2, 0.25) is 0 Å². The quantitative estimate of drug-likeness (QED) is 0.501. The molecule has 18 heavy (non-hydrogen) atoms. The van der Waals surface area contributed by atoms with Gasteiger partial charge in [0.15, 0.2) is 0 Å². The minimum Gasteiger partial charge on any atom is -0.466 e. The number of benzene rings is 1. The first-order valence-corrected chi connectivity index (χ1v) is 6.96. The van der Waals surface area contributed by atoms with Gasteiger partial charge >= 0.3 is 0 Å². The summed E-state index contributed by atoms with van der Waals surface area (Å²) in [5.74, 6) is 0.471. The molecule has 1 atom stereocenters. The SMILES string of the molecule is Cc1cc(C(Br)c2cc(F)c(Br)cc2F)c(C)o1. The highest BCUT2D eigenvalue weighted by Crippen LogP contribution is 2.37. The Morgan fingerprint density at radius 1 is 1.06 bits per heavy atom. The first kappa shape index (κ1) is 13.7. The lowest BCUT2D eigenvalue weighted by Gasteiger charge is -2.11. The van der Waals surface area contributed by atoms with Gasteiger partial charge < -0.3 is 4.42 Å². The van der Waals surface area contributed by atoms with E-state index in [1.54, 1.807) is 6.92 Å². The Labute approximate surface area is 120 Å². The maximum absolute atomic E-state index is 13.8. The van der Waals surface area contributed by atoms with E-state index in [1.165, 1.54) is 6.07 Å². The van der Waals surface area contributed by atoms with Crippen molar-refractivity contribution in [1.29, 1.82) is 0 Å². The topological polar surface area (TPSA) is 13.1 Å². The van der Waals surface area contributed by atoms with Crippen molar-refractivity contribution >= 4 is 31.9 Å². The Balaban J connectivity index is 2.49. The molecular formula is C13H10Br2F2O. The molecule has 0 N–H and O–H groups in total. The van der Waals surface area contributed by atoms with Gasteiger partial charge in [-0.1, -0.05) is 15.9 Å². The van der Waals surface area contributed by atoms with Crippen LogP contribution in [0.25, 0.3) is 0 Å². The van der Waals surface area contributed by atoms with Gasteiger partial charge in [-0.2, -0.15) is 0 Å². The van der Waals surface area contributed by atoms with Gasteiger partial charge in [0.1, 0.15) is 23.2 Å². The number of furan rings is 1. The van der Waals surface area contributed by atoms with Crippen LogP contribution >= 0.6 is 31.9 Å². The molecule has 0 aliphatic heterocycles. The number of hydrogen-bond donors (Lipinski definition) is 0. The van der Waals surface area contributed by atoms with Crippen LogP contribution in [0.4, 0.5) is 8.78 Å². The third-order valence-electron chi connectivity index (χ3n) is 2.67. The molecule has 0 radical (unpaired) electrons. The number of hydrogen-bond acceptors (Lipinski definition) is 1. The highest BCUT2D eigenvalue weighted by Gasteiger charge is 2.21. The molecule has 0 saturated heterocycles. The van der Waals surface area contributed by atoms with Gasteiger partial charge in [-0.25, -0.2) is 8.78 Å². The monoisotopic (exact) mass is 378 g/mol. The minimum atomic E-state index is -0.492. The number of halogens is 4. The average molecular weight is 380 g/mol. The van der Waals surface area contributed by atoms with Crippen molar-refractivity contribution in [3.05, 3.63) is 57.0 Å². The molecular weight excluding hydrogens is 370 g/mol. The van der Waals surface area contributed by atoms with Crippen molar-refractivity contribution in [2.45, 2.75) is 18.7 Å². The van der Waals surface area contributed by atoms with E-state index in [-0.39, 0.29) is 10.0 Å². The molecule has 0 amide bonds. The second-order valence-corrected chi connectivity index (χ2v) is 5.79. The molecule has 0 saturated carbocycles. The fraction of sp³-hybridized carbons (Fsp3) is 0.231. The van der Waals surface area contributed by atoms with Gasteiger partial charge in [0, 0.05) is 11.1 Å². The van der Waals surface area contributed by atoms with Crippen LogP contribution in [0.15, 0.2) is 27.1 Å². The molecule has 1 heterocycles. The Hall–Kier alpha value is -0.680. The van der Waals surface area contributed by atoms with Crippen molar-refractivity contribution in [2.75, 3.05) is 0 Å².